The largest absolute Gasteiger partial charge is 0.351 e. The van der Waals surface area contributed by atoms with Gasteiger partial charge in [0, 0.05) is 30.8 Å². The van der Waals surface area contributed by atoms with Gasteiger partial charge in [0.25, 0.3) is 0 Å². The summed E-state index contributed by atoms with van der Waals surface area (Å²) in [5, 5.41) is 3.03. The third-order valence-electron chi connectivity index (χ3n) is 2.68. The van der Waals surface area contributed by atoms with Crippen molar-refractivity contribution in [3.05, 3.63) is 0 Å². The fraction of sp³-hybridized carbons (Fsp3) is 0.917. The van der Waals surface area contributed by atoms with Crippen LogP contribution in [0.15, 0.2) is 0 Å². The Morgan fingerprint density at radius 3 is 2.83 bits per heavy atom. The summed E-state index contributed by atoms with van der Waals surface area (Å²) in [6.07, 6.45) is 3.33. The molecule has 0 radical (unpaired) electrons. The van der Waals surface area contributed by atoms with Crippen molar-refractivity contribution in [2.75, 3.05) is 37.5 Å². The maximum Gasteiger partial charge on any atom is 0.229 e. The minimum atomic E-state index is 0.0177. The molecule has 0 aliphatic heterocycles. The van der Waals surface area contributed by atoms with E-state index in [0.717, 1.165) is 38.1 Å². The van der Waals surface area contributed by atoms with Crippen molar-refractivity contribution in [3.8, 4) is 0 Å². The number of nitrogens with one attached hydrogen (secondary N) is 1. The van der Waals surface area contributed by atoms with E-state index < -0.39 is 0 Å². The molecule has 0 fully saturated rings. The van der Waals surface area contributed by atoms with Gasteiger partial charge in [-0.2, -0.15) is 12.6 Å². The van der Waals surface area contributed by atoms with Gasteiger partial charge >= 0.3 is 0 Å². The molecule has 6 heteroatoms. The van der Waals surface area contributed by atoms with Crippen molar-refractivity contribution < 1.29 is 4.79 Å². The third-order valence-corrected chi connectivity index (χ3v) is 3.68. The number of hydrogen-bond acceptors (Lipinski definition) is 5. The highest BCUT2D eigenvalue weighted by Gasteiger charge is 2.13. The fourth-order valence-corrected chi connectivity index (χ4v) is 2.40. The van der Waals surface area contributed by atoms with Gasteiger partial charge < -0.3 is 16.0 Å². The van der Waals surface area contributed by atoms with Crippen LogP contribution in [-0.4, -0.2) is 54.4 Å². The zero-order valence-corrected chi connectivity index (χ0v) is 13.2. The summed E-state index contributed by atoms with van der Waals surface area (Å²) in [6, 6.07) is 0.234. The van der Waals surface area contributed by atoms with Crippen LogP contribution in [0.3, 0.4) is 0 Å². The van der Waals surface area contributed by atoms with Gasteiger partial charge in [-0.3, -0.25) is 4.79 Å². The lowest BCUT2D eigenvalue weighted by atomic mass is 10.1. The number of thiol groups is 1. The number of unbranched alkanes of at least 4 members (excludes halogenated alkanes) is 1. The van der Waals surface area contributed by atoms with Gasteiger partial charge in [-0.1, -0.05) is 19.8 Å². The normalized spacial score (nSPS) is 12.7. The minimum Gasteiger partial charge on any atom is -0.351 e. The van der Waals surface area contributed by atoms with Crippen molar-refractivity contribution in [1.82, 2.24) is 10.2 Å². The lowest BCUT2D eigenvalue weighted by molar-refractivity contribution is -0.119. The predicted octanol–water partition coefficient (Wildman–Crippen LogP) is 1.17. The number of carbonyl (C=O) groups is 1. The maximum atomic E-state index is 11.4. The molecule has 1 unspecified atom stereocenters. The number of carbonyl (C=O) groups excluding carboxylic acids is 1. The zero-order valence-electron chi connectivity index (χ0n) is 11.5. The number of rotatable bonds is 11. The summed E-state index contributed by atoms with van der Waals surface area (Å²) in [5.74, 6) is 1.98. The summed E-state index contributed by atoms with van der Waals surface area (Å²) in [5.41, 5.74) is 5.44. The Morgan fingerprint density at radius 1 is 1.56 bits per heavy atom. The molecule has 0 spiro atoms. The van der Waals surface area contributed by atoms with E-state index in [9.17, 15) is 4.79 Å². The van der Waals surface area contributed by atoms with Gasteiger partial charge in [-0.15, -0.1) is 11.8 Å². The first-order valence-electron chi connectivity index (χ1n) is 6.50. The van der Waals surface area contributed by atoms with Gasteiger partial charge in [-0.25, -0.2) is 0 Å². The first-order valence-corrected chi connectivity index (χ1v) is 8.29. The molecule has 0 aromatic carbocycles. The number of hydrogen-bond donors (Lipinski definition) is 3. The van der Waals surface area contributed by atoms with Crippen molar-refractivity contribution >= 4 is 30.3 Å². The molecule has 1 amide bonds. The van der Waals surface area contributed by atoms with E-state index in [2.05, 4.69) is 36.8 Å². The Labute approximate surface area is 121 Å². The summed E-state index contributed by atoms with van der Waals surface area (Å²) in [4.78, 5) is 13.7. The van der Waals surface area contributed by atoms with E-state index in [-0.39, 0.29) is 17.7 Å². The van der Waals surface area contributed by atoms with Gasteiger partial charge in [0.05, 0.1) is 5.75 Å². The summed E-state index contributed by atoms with van der Waals surface area (Å²) in [7, 11) is 2.09. The van der Waals surface area contributed by atoms with Crippen molar-refractivity contribution in [1.29, 1.82) is 0 Å². The molecule has 0 aliphatic rings. The van der Waals surface area contributed by atoms with Crippen LogP contribution in [0.5, 0.6) is 0 Å². The van der Waals surface area contributed by atoms with Crippen LogP contribution in [0, 0.1) is 0 Å². The molecular weight excluding hydrogens is 266 g/mol. The molecule has 0 aromatic heterocycles. The molecule has 1 atom stereocenters. The van der Waals surface area contributed by atoms with Gasteiger partial charge in [0.2, 0.25) is 5.91 Å². The smallest absolute Gasteiger partial charge is 0.229 e. The molecule has 0 aliphatic carbocycles. The standard InChI is InChI=1S/C12H27N3OS2/c1-3-4-5-11(14-12(16)9-17)8-15(2)6-7-18-10-13/h11,17H,3-10,13H2,1-2H3,(H,14,16). The molecule has 0 saturated carbocycles. The van der Waals surface area contributed by atoms with E-state index >= 15 is 0 Å². The number of nitrogens with zero attached hydrogens (tertiary/aromatic N) is 1. The molecule has 0 rings (SSSR count). The number of amides is 1. The highest BCUT2D eigenvalue weighted by molar-refractivity contribution is 7.99. The van der Waals surface area contributed by atoms with Crippen LogP contribution in [0.4, 0.5) is 0 Å². The Bertz CT molecular complexity index is 217. The molecule has 108 valence electrons. The van der Waals surface area contributed by atoms with E-state index in [1.165, 1.54) is 0 Å². The third kappa shape index (κ3) is 10.1. The number of thioether (sulfide) groups is 1. The Morgan fingerprint density at radius 2 is 2.28 bits per heavy atom. The maximum absolute atomic E-state index is 11.4. The average molecular weight is 294 g/mol. The zero-order chi connectivity index (χ0) is 13.8. The summed E-state index contributed by atoms with van der Waals surface area (Å²) in [6.45, 7) is 4.06. The second-order valence-electron chi connectivity index (χ2n) is 4.40. The molecule has 4 nitrogen and oxygen atoms in total. The van der Waals surface area contributed by atoms with Crippen LogP contribution in [0.1, 0.15) is 26.2 Å². The molecule has 3 N–H and O–H groups in total. The Balaban J connectivity index is 4.00. The van der Waals surface area contributed by atoms with Crippen LogP contribution < -0.4 is 11.1 Å². The molecule has 18 heavy (non-hydrogen) atoms. The van der Waals surface area contributed by atoms with E-state index in [4.69, 9.17) is 5.73 Å². The van der Waals surface area contributed by atoms with E-state index in [1.54, 1.807) is 11.8 Å². The highest BCUT2D eigenvalue weighted by atomic mass is 32.2. The van der Waals surface area contributed by atoms with Crippen molar-refractivity contribution in [2.24, 2.45) is 5.73 Å². The predicted molar refractivity (Wildman–Crippen MR) is 84.3 cm³/mol. The van der Waals surface area contributed by atoms with Gasteiger partial charge in [0.1, 0.15) is 0 Å². The number of nitrogens with two attached hydrogens (primary N) is 1. The molecule has 0 heterocycles. The van der Waals surface area contributed by atoms with Crippen LogP contribution in [0.2, 0.25) is 0 Å². The quantitative estimate of drug-likeness (QED) is 0.304. The SMILES string of the molecule is CCCCC(CN(C)CCSCN)NC(=O)CS. The highest BCUT2D eigenvalue weighted by Crippen LogP contribution is 2.04. The van der Waals surface area contributed by atoms with E-state index in [1.807, 2.05) is 0 Å². The van der Waals surface area contributed by atoms with Crippen LogP contribution in [0.25, 0.3) is 0 Å². The molecule has 0 bridgehead atoms. The monoisotopic (exact) mass is 293 g/mol. The second-order valence-corrected chi connectivity index (χ2v) is 5.87. The fourth-order valence-electron chi connectivity index (χ4n) is 1.70. The first-order chi connectivity index (χ1) is 8.63. The minimum absolute atomic E-state index is 0.0177. The van der Waals surface area contributed by atoms with E-state index in [0.29, 0.717) is 5.88 Å². The Hall–Kier alpha value is 0.0900. The average Bonchev–Trinajstić information content (AvgIpc) is 2.36. The lowest BCUT2D eigenvalue weighted by Crippen LogP contribution is -2.43. The topological polar surface area (TPSA) is 58.4 Å². The van der Waals surface area contributed by atoms with Gasteiger partial charge in [0.15, 0.2) is 0 Å². The van der Waals surface area contributed by atoms with Crippen LogP contribution in [-0.2, 0) is 4.79 Å². The van der Waals surface area contributed by atoms with Crippen molar-refractivity contribution in [2.45, 2.75) is 32.2 Å². The van der Waals surface area contributed by atoms with Gasteiger partial charge in [-0.05, 0) is 13.5 Å². The Kier molecular flexibility index (Phi) is 12.2. The lowest BCUT2D eigenvalue weighted by Gasteiger charge is -2.24. The van der Waals surface area contributed by atoms with Crippen molar-refractivity contribution in [3.63, 3.8) is 0 Å². The van der Waals surface area contributed by atoms with Crippen LogP contribution >= 0.6 is 24.4 Å². The second kappa shape index (κ2) is 12.1. The molecule has 0 saturated heterocycles. The summed E-state index contributed by atoms with van der Waals surface area (Å²) < 4.78 is 0. The number of likely N-dealkylation sites (N-methyl/N-ethyl adjacent to an activating group) is 1. The molecule has 0 aromatic rings. The summed E-state index contributed by atoms with van der Waals surface area (Å²) >= 11 is 5.73. The molecular formula is C12H27N3OS2. The first kappa shape index (κ1) is 18.1.